The molecule has 144 valence electrons. The molecule has 1 aromatic carbocycles. The van der Waals surface area contributed by atoms with Gasteiger partial charge in [-0.15, -0.1) is 22.7 Å². The third-order valence-electron chi connectivity index (χ3n) is 4.12. The number of nitrogens with one attached hydrogen (secondary N) is 1. The first-order valence-corrected chi connectivity index (χ1v) is 11.2. The molecule has 4 heterocycles. The molecule has 0 spiro atoms. The van der Waals surface area contributed by atoms with Gasteiger partial charge in [-0.05, 0) is 29.1 Å². The lowest BCUT2D eigenvalue weighted by atomic mass is 10.1. The largest absolute Gasteiger partial charge is 0.338 e. The number of thioether (sulfide) groups is 1. The minimum atomic E-state index is -0.317. The molecule has 0 aliphatic rings. The SMILES string of the molecule is O=c1[nH]c(SCc2nc(-c3cccs3)no2)nc2scc(-c3ccc(F)cc3)c12. The van der Waals surface area contributed by atoms with E-state index in [0.29, 0.717) is 32.8 Å². The van der Waals surface area contributed by atoms with Gasteiger partial charge in [0.1, 0.15) is 10.6 Å². The minimum absolute atomic E-state index is 0.233. The average Bonchev–Trinajstić information content (AvgIpc) is 3.47. The van der Waals surface area contributed by atoms with Gasteiger partial charge in [0, 0.05) is 10.9 Å². The highest BCUT2D eigenvalue weighted by Gasteiger charge is 2.15. The van der Waals surface area contributed by atoms with Crippen LogP contribution < -0.4 is 5.56 Å². The maximum Gasteiger partial charge on any atom is 0.260 e. The van der Waals surface area contributed by atoms with E-state index >= 15 is 0 Å². The highest BCUT2D eigenvalue weighted by atomic mass is 32.2. The molecule has 0 bridgehead atoms. The summed E-state index contributed by atoms with van der Waals surface area (Å²) in [5.74, 6) is 1.08. The second kappa shape index (κ2) is 7.54. The van der Waals surface area contributed by atoms with Crippen molar-refractivity contribution in [3.63, 3.8) is 0 Å². The number of aromatic nitrogens is 4. The molecular weight excluding hydrogens is 431 g/mol. The zero-order valence-corrected chi connectivity index (χ0v) is 17.0. The summed E-state index contributed by atoms with van der Waals surface area (Å²) in [6.45, 7) is 0. The van der Waals surface area contributed by atoms with Crippen LogP contribution in [0.5, 0.6) is 0 Å². The van der Waals surface area contributed by atoms with Crippen molar-refractivity contribution in [2.45, 2.75) is 10.9 Å². The number of fused-ring (bicyclic) bond motifs is 1. The number of hydrogen-bond acceptors (Lipinski definition) is 8. The standard InChI is InChI=1S/C19H11FN4O2S3/c20-11-5-3-10(4-6-11)12-8-28-18-15(12)17(25)22-19(23-18)29-9-14-21-16(24-26-14)13-2-1-7-27-13/h1-8H,9H2,(H,22,23,25). The average molecular weight is 443 g/mol. The molecule has 5 aromatic rings. The lowest BCUT2D eigenvalue weighted by Gasteiger charge is -2.01. The van der Waals surface area contributed by atoms with Crippen LogP contribution in [-0.2, 0) is 5.75 Å². The zero-order valence-electron chi connectivity index (χ0n) is 14.6. The zero-order chi connectivity index (χ0) is 19.8. The molecule has 0 aliphatic heterocycles. The van der Waals surface area contributed by atoms with Crippen molar-refractivity contribution in [1.29, 1.82) is 0 Å². The van der Waals surface area contributed by atoms with Crippen molar-refractivity contribution < 1.29 is 8.91 Å². The maximum atomic E-state index is 13.2. The fourth-order valence-corrected chi connectivity index (χ4v) is 5.14. The van der Waals surface area contributed by atoms with E-state index in [9.17, 15) is 9.18 Å². The summed E-state index contributed by atoms with van der Waals surface area (Å²) >= 11 is 4.23. The van der Waals surface area contributed by atoms with Gasteiger partial charge >= 0.3 is 0 Å². The van der Waals surface area contributed by atoms with E-state index in [2.05, 4.69) is 20.1 Å². The van der Waals surface area contributed by atoms with E-state index in [4.69, 9.17) is 4.52 Å². The summed E-state index contributed by atoms with van der Waals surface area (Å²) < 4.78 is 18.5. The lowest BCUT2D eigenvalue weighted by Crippen LogP contribution is -2.08. The third kappa shape index (κ3) is 3.61. The Morgan fingerprint density at radius 2 is 2.00 bits per heavy atom. The van der Waals surface area contributed by atoms with Gasteiger partial charge in [0.2, 0.25) is 11.7 Å². The molecule has 4 aromatic heterocycles. The molecule has 0 saturated heterocycles. The Bertz CT molecular complexity index is 1340. The van der Waals surface area contributed by atoms with Crippen molar-refractivity contribution in [3.05, 3.63) is 69.2 Å². The molecule has 0 aliphatic carbocycles. The van der Waals surface area contributed by atoms with Crippen molar-refractivity contribution >= 4 is 44.7 Å². The Balaban J connectivity index is 1.39. The fraction of sp³-hybridized carbons (Fsp3) is 0.0526. The van der Waals surface area contributed by atoms with Crippen molar-refractivity contribution in [1.82, 2.24) is 20.1 Å². The summed E-state index contributed by atoms with van der Waals surface area (Å²) in [5.41, 5.74) is 1.29. The van der Waals surface area contributed by atoms with Gasteiger partial charge in [-0.3, -0.25) is 4.79 Å². The molecule has 0 fully saturated rings. The monoisotopic (exact) mass is 442 g/mol. The van der Waals surface area contributed by atoms with Crippen molar-refractivity contribution in [2.75, 3.05) is 0 Å². The van der Waals surface area contributed by atoms with Gasteiger partial charge in [-0.1, -0.05) is 35.1 Å². The van der Waals surface area contributed by atoms with Crippen LogP contribution in [0, 0.1) is 5.82 Å². The molecular formula is C19H11FN4O2S3. The second-order valence-corrected chi connectivity index (χ2v) is 8.76. The predicted octanol–water partition coefficient (Wildman–Crippen LogP) is 5.19. The predicted molar refractivity (Wildman–Crippen MR) is 113 cm³/mol. The number of aromatic amines is 1. The maximum absolute atomic E-state index is 13.2. The number of H-pyrrole nitrogens is 1. The number of halogens is 1. The van der Waals surface area contributed by atoms with Gasteiger partial charge < -0.3 is 9.51 Å². The molecule has 0 amide bonds. The van der Waals surface area contributed by atoms with Crippen molar-refractivity contribution in [2.24, 2.45) is 0 Å². The number of hydrogen-bond donors (Lipinski definition) is 1. The van der Waals surface area contributed by atoms with Crippen LogP contribution in [0.25, 0.3) is 32.0 Å². The highest BCUT2D eigenvalue weighted by Crippen LogP contribution is 2.32. The fourth-order valence-electron chi connectivity index (χ4n) is 2.79. The Hall–Kier alpha value is -2.82. The van der Waals surface area contributed by atoms with Crippen molar-refractivity contribution in [3.8, 4) is 21.8 Å². The van der Waals surface area contributed by atoms with Crippen LogP contribution in [-0.4, -0.2) is 20.1 Å². The van der Waals surface area contributed by atoms with E-state index in [1.54, 1.807) is 12.1 Å². The molecule has 0 unspecified atom stereocenters. The van der Waals surface area contributed by atoms with Crippen LogP contribution in [0.4, 0.5) is 4.39 Å². The summed E-state index contributed by atoms with van der Waals surface area (Å²) in [6, 6.07) is 9.91. The molecule has 6 nitrogen and oxygen atoms in total. The van der Waals surface area contributed by atoms with Gasteiger partial charge in [0.25, 0.3) is 5.56 Å². The number of benzene rings is 1. The van der Waals surface area contributed by atoms with E-state index in [0.717, 1.165) is 16.0 Å². The summed E-state index contributed by atoms with van der Waals surface area (Å²) in [5, 5.41) is 8.77. The quantitative estimate of drug-likeness (QED) is 0.298. The Morgan fingerprint density at radius 1 is 1.14 bits per heavy atom. The van der Waals surface area contributed by atoms with E-state index in [-0.39, 0.29) is 11.4 Å². The van der Waals surface area contributed by atoms with Gasteiger partial charge in [0.05, 0.1) is 16.0 Å². The molecule has 0 atom stereocenters. The number of nitrogens with zero attached hydrogens (tertiary/aromatic N) is 3. The highest BCUT2D eigenvalue weighted by molar-refractivity contribution is 7.98. The van der Waals surface area contributed by atoms with Crippen LogP contribution in [0.2, 0.25) is 0 Å². The number of thiophene rings is 2. The molecule has 0 radical (unpaired) electrons. The molecule has 5 rings (SSSR count). The molecule has 29 heavy (non-hydrogen) atoms. The van der Waals surface area contributed by atoms with Crippen LogP contribution in [0.1, 0.15) is 5.89 Å². The lowest BCUT2D eigenvalue weighted by molar-refractivity contribution is 0.391. The van der Waals surface area contributed by atoms with Crippen LogP contribution in [0.3, 0.4) is 0 Å². The summed E-state index contributed by atoms with van der Waals surface area (Å²) in [7, 11) is 0. The Kier molecular flexibility index (Phi) is 4.74. The van der Waals surface area contributed by atoms with E-state index < -0.39 is 0 Å². The normalized spacial score (nSPS) is 11.3. The molecule has 10 heteroatoms. The van der Waals surface area contributed by atoms with E-state index in [1.807, 2.05) is 22.9 Å². The summed E-state index contributed by atoms with van der Waals surface area (Å²) in [4.78, 5) is 25.9. The van der Waals surface area contributed by atoms with Crippen LogP contribution in [0.15, 0.2) is 61.6 Å². The summed E-state index contributed by atoms with van der Waals surface area (Å²) in [6.07, 6.45) is 0. The Labute approximate surface area is 175 Å². The van der Waals surface area contributed by atoms with Gasteiger partial charge in [0.15, 0.2) is 5.16 Å². The first-order valence-electron chi connectivity index (χ1n) is 8.44. The first kappa shape index (κ1) is 18.2. The van der Waals surface area contributed by atoms with Crippen LogP contribution >= 0.6 is 34.4 Å². The minimum Gasteiger partial charge on any atom is -0.338 e. The van der Waals surface area contributed by atoms with Gasteiger partial charge in [-0.2, -0.15) is 4.98 Å². The third-order valence-corrected chi connectivity index (χ3v) is 6.72. The van der Waals surface area contributed by atoms with E-state index in [1.165, 1.54) is 46.6 Å². The smallest absolute Gasteiger partial charge is 0.260 e. The van der Waals surface area contributed by atoms with Gasteiger partial charge in [-0.25, -0.2) is 9.37 Å². The first-order chi connectivity index (χ1) is 14.2. The Morgan fingerprint density at radius 3 is 2.79 bits per heavy atom. The molecule has 0 saturated carbocycles. The molecule has 1 N–H and O–H groups in total. The second-order valence-electron chi connectivity index (χ2n) is 5.99. The number of rotatable bonds is 5. The topological polar surface area (TPSA) is 84.7 Å².